The predicted octanol–water partition coefficient (Wildman–Crippen LogP) is 2.43. The molecule has 2 amide bonds. The number of fused-ring (bicyclic) bond motifs is 2. The van der Waals surface area contributed by atoms with Crippen molar-refractivity contribution >= 4 is 27.7 Å². The summed E-state index contributed by atoms with van der Waals surface area (Å²) in [6.45, 7) is 10.1. The van der Waals surface area contributed by atoms with E-state index in [4.69, 9.17) is 0 Å². The van der Waals surface area contributed by atoms with Crippen LogP contribution in [0.15, 0.2) is 4.47 Å². The van der Waals surface area contributed by atoms with Crippen LogP contribution in [0.2, 0.25) is 0 Å². The number of carbonyl (C=O) groups is 2. The Labute approximate surface area is 156 Å². The first-order chi connectivity index (χ1) is 11.5. The summed E-state index contributed by atoms with van der Waals surface area (Å²) < 4.78 is 2.63. The number of carbonyl (C=O) groups excluding carboxylic acids is 2. The summed E-state index contributed by atoms with van der Waals surface area (Å²) >= 11 is 3.47. The lowest BCUT2D eigenvalue weighted by Gasteiger charge is -2.48. The molecule has 138 valence electrons. The van der Waals surface area contributed by atoms with Gasteiger partial charge in [-0.3, -0.25) is 19.2 Å². The van der Waals surface area contributed by atoms with Crippen LogP contribution in [-0.2, 0) is 16.1 Å². The number of rotatable bonds is 4. The summed E-state index contributed by atoms with van der Waals surface area (Å²) in [6.07, 6.45) is 0.624. The van der Waals surface area contributed by atoms with Gasteiger partial charge >= 0.3 is 0 Å². The van der Waals surface area contributed by atoms with E-state index >= 15 is 0 Å². The number of likely N-dealkylation sites (tertiary alicyclic amines) is 1. The van der Waals surface area contributed by atoms with Crippen molar-refractivity contribution in [1.29, 1.82) is 0 Å². The Morgan fingerprint density at radius 3 is 2.48 bits per heavy atom. The molecule has 1 saturated heterocycles. The van der Waals surface area contributed by atoms with Crippen molar-refractivity contribution in [3.05, 3.63) is 15.9 Å². The fraction of sp³-hybridized carbons (Fsp3) is 0.722. The van der Waals surface area contributed by atoms with Crippen LogP contribution in [-0.4, -0.2) is 44.3 Å². The molecule has 2 fully saturated rings. The van der Waals surface area contributed by atoms with E-state index in [0.717, 1.165) is 28.7 Å². The van der Waals surface area contributed by atoms with Crippen molar-refractivity contribution in [2.24, 2.45) is 16.7 Å². The molecular weight excluding hydrogens is 386 g/mol. The molecule has 3 atom stereocenters. The lowest BCUT2D eigenvalue weighted by Crippen LogP contribution is -2.60. The highest BCUT2D eigenvalue weighted by Gasteiger charge is 2.64. The van der Waals surface area contributed by atoms with Crippen molar-refractivity contribution in [3.8, 4) is 0 Å². The van der Waals surface area contributed by atoms with Crippen LogP contribution in [0.4, 0.5) is 0 Å². The zero-order valence-electron chi connectivity index (χ0n) is 15.5. The minimum absolute atomic E-state index is 0.0236. The molecule has 7 heteroatoms. The molecule has 2 bridgehead atoms. The average Bonchev–Trinajstić information content (AvgIpc) is 2.88. The Morgan fingerprint density at radius 2 is 1.92 bits per heavy atom. The molecule has 1 aromatic rings. The summed E-state index contributed by atoms with van der Waals surface area (Å²) in [6, 6.07) is 0. The Balaban J connectivity index is 1.78. The quantitative estimate of drug-likeness (QED) is 0.771. The Morgan fingerprint density at radius 1 is 1.28 bits per heavy atom. The van der Waals surface area contributed by atoms with Crippen molar-refractivity contribution in [3.63, 3.8) is 0 Å². The molecule has 3 rings (SSSR count). The number of aryl methyl sites for hydroxylation is 1. The number of aliphatic hydroxyl groups is 1. The van der Waals surface area contributed by atoms with Gasteiger partial charge in [0.1, 0.15) is 0 Å². The van der Waals surface area contributed by atoms with Crippen molar-refractivity contribution in [2.75, 3.05) is 6.54 Å². The number of amides is 2. The molecule has 0 radical (unpaired) electrons. The Kier molecular flexibility index (Phi) is 4.39. The minimum atomic E-state index is -0.845. The lowest BCUT2D eigenvalue weighted by atomic mass is 9.62. The maximum atomic E-state index is 13.0. The van der Waals surface area contributed by atoms with Gasteiger partial charge in [-0.25, -0.2) is 0 Å². The topological polar surface area (TPSA) is 75.4 Å². The molecule has 1 aliphatic carbocycles. The summed E-state index contributed by atoms with van der Waals surface area (Å²) in [5, 5.41) is 14.9. The van der Waals surface area contributed by atoms with E-state index in [1.165, 1.54) is 4.90 Å². The highest BCUT2D eigenvalue weighted by atomic mass is 79.9. The smallest absolute Gasteiger partial charge is 0.235 e. The SMILES string of the molecule is Cc1nn(C[C@@H](O)CN2C(=O)[C@H]3CC[C@@](C)(C2=O)C3(C)C)c(C)c1Br. The molecule has 1 N–H and O–H groups in total. The number of imide groups is 1. The third kappa shape index (κ3) is 2.58. The van der Waals surface area contributed by atoms with Crippen LogP contribution < -0.4 is 0 Å². The predicted molar refractivity (Wildman–Crippen MR) is 96.7 cm³/mol. The first kappa shape index (κ1) is 18.6. The van der Waals surface area contributed by atoms with Gasteiger partial charge in [0.25, 0.3) is 0 Å². The molecule has 0 spiro atoms. The van der Waals surface area contributed by atoms with E-state index in [2.05, 4.69) is 21.0 Å². The van der Waals surface area contributed by atoms with Crippen LogP contribution in [0.3, 0.4) is 0 Å². The normalized spacial score (nSPS) is 29.4. The largest absolute Gasteiger partial charge is 0.389 e. The van der Waals surface area contributed by atoms with Gasteiger partial charge in [-0.2, -0.15) is 5.10 Å². The van der Waals surface area contributed by atoms with E-state index in [1.54, 1.807) is 4.68 Å². The molecule has 2 heterocycles. The van der Waals surface area contributed by atoms with Gasteiger partial charge in [-0.1, -0.05) is 20.8 Å². The summed E-state index contributed by atoms with van der Waals surface area (Å²) in [5.41, 5.74) is 0.901. The fourth-order valence-electron chi connectivity index (χ4n) is 4.40. The standard InChI is InChI=1S/C18H26BrN3O3/c1-10-14(19)11(2)22(20-10)9-12(23)8-21-15(24)13-6-7-18(5,16(21)25)17(13,3)4/h12-13,23H,6-9H2,1-5H3/t12-,13+,18-/m0/s1. The van der Waals surface area contributed by atoms with Gasteiger partial charge in [-0.15, -0.1) is 0 Å². The van der Waals surface area contributed by atoms with Gasteiger partial charge in [0.15, 0.2) is 0 Å². The Bertz CT molecular complexity index is 742. The van der Waals surface area contributed by atoms with E-state index in [9.17, 15) is 14.7 Å². The highest BCUT2D eigenvalue weighted by molar-refractivity contribution is 9.10. The van der Waals surface area contributed by atoms with Gasteiger partial charge < -0.3 is 5.11 Å². The third-order valence-electron chi connectivity index (χ3n) is 6.58. The van der Waals surface area contributed by atoms with Gasteiger partial charge in [-0.05, 0) is 48.0 Å². The first-order valence-corrected chi connectivity index (χ1v) is 9.53. The molecular formula is C18H26BrN3O3. The molecule has 1 saturated carbocycles. The maximum Gasteiger partial charge on any atom is 0.235 e. The number of aliphatic hydroxyl groups excluding tert-OH is 1. The molecule has 6 nitrogen and oxygen atoms in total. The van der Waals surface area contributed by atoms with Gasteiger partial charge in [0.05, 0.1) is 34.8 Å². The molecule has 25 heavy (non-hydrogen) atoms. The van der Waals surface area contributed by atoms with Gasteiger partial charge in [0.2, 0.25) is 11.8 Å². The van der Waals surface area contributed by atoms with Crippen LogP contribution in [0.25, 0.3) is 0 Å². The monoisotopic (exact) mass is 411 g/mol. The molecule has 1 aromatic heterocycles. The molecule has 2 aliphatic rings. The number of hydrogen-bond acceptors (Lipinski definition) is 4. The summed E-state index contributed by atoms with van der Waals surface area (Å²) in [7, 11) is 0. The number of hydrogen-bond donors (Lipinski definition) is 1. The van der Waals surface area contributed by atoms with Crippen molar-refractivity contribution < 1.29 is 14.7 Å². The van der Waals surface area contributed by atoms with Crippen LogP contribution >= 0.6 is 15.9 Å². The second kappa shape index (κ2) is 5.91. The number of β-amino-alcohol motifs (C(OH)–C–C–N with tert-alkyl or cyclic N) is 1. The maximum absolute atomic E-state index is 13.0. The second-order valence-corrected chi connectivity index (χ2v) is 9.01. The average molecular weight is 412 g/mol. The summed E-state index contributed by atoms with van der Waals surface area (Å²) in [4.78, 5) is 27.1. The molecule has 0 unspecified atom stereocenters. The van der Waals surface area contributed by atoms with Gasteiger partial charge in [0, 0.05) is 11.6 Å². The Hall–Kier alpha value is -1.21. The van der Waals surface area contributed by atoms with Crippen LogP contribution in [0.5, 0.6) is 0 Å². The molecule has 1 aliphatic heterocycles. The lowest BCUT2D eigenvalue weighted by molar-refractivity contribution is -0.169. The van der Waals surface area contributed by atoms with Crippen molar-refractivity contribution in [2.45, 2.75) is 60.1 Å². The fourth-order valence-corrected chi connectivity index (χ4v) is 4.68. The number of nitrogens with zero attached hydrogens (tertiary/aromatic N) is 3. The number of aromatic nitrogens is 2. The number of piperidine rings is 1. The second-order valence-electron chi connectivity index (χ2n) is 8.22. The molecule has 0 aromatic carbocycles. The highest BCUT2D eigenvalue weighted by Crippen LogP contribution is 2.60. The summed E-state index contributed by atoms with van der Waals surface area (Å²) in [5.74, 6) is -0.436. The zero-order chi connectivity index (χ0) is 18.7. The number of halogens is 1. The van der Waals surface area contributed by atoms with E-state index in [0.29, 0.717) is 0 Å². The van der Waals surface area contributed by atoms with Crippen LogP contribution in [0, 0.1) is 30.6 Å². The van der Waals surface area contributed by atoms with Crippen molar-refractivity contribution in [1.82, 2.24) is 14.7 Å². The first-order valence-electron chi connectivity index (χ1n) is 8.74. The van der Waals surface area contributed by atoms with E-state index in [-0.39, 0.29) is 36.2 Å². The van der Waals surface area contributed by atoms with Crippen LogP contribution in [0.1, 0.15) is 45.0 Å². The minimum Gasteiger partial charge on any atom is -0.389 e. The third-order valence-corrected chi connectivity index (χ3v) is 7.73. The zero-order valence-corrected chi connectivity index (χ0v) is 17.1. The van der Waals surface area contributed by atoms with E-state index < -0.39 is 11.5 Å². The van der Waals surface area contributed by atoms with E-state index in [1.807, 2.05) is 34.6 Å².